The van der Waals surface area contributed by atoms with Crippen LogP contribution in [0.15, 0.2) is 30.3 Å². The number of aliphatic carboxylic acids is 2. The van der Waals surface area contributed by atoms with Crippen LogP contribution in [-0.4, -0.2) is 28.6 Å². The van der Waals surface area contributed by atoms with Crippen molar-refractivity contribution in [2.45, 2.75) is 17.9 Å². The Kier molecular flexibility index (Phi) is 19.2. The maximum absolute atomic E-state index is 11.1. The van der Waals surface area contributed by atoms with Gasteiger partial charge in [-0.15, -0.1) is 0 Å². The van der Waals surface area contributed by atoms with Crippen LogP contribution >= 0.6 is 0 Å². The van der Waals surface area contributed by atoms with Crippen LogP contribution in [-0.2, 0) is 42.7 Å². The van der Waals surface area contributed by atoms with Crippen LogP contribution in [0.5, 0.6) is 0 Å². The van der Waals surface area contributed by atoms with E-state index in [1.54, 1.807) is 6.07 Å². The van der Waals surface area contributed by atoms with E-state index in [-0.39, 0.29) is 97.8 Å². The molecule has 9 heteroatoms. The summed E-state index contributed by atoms with van der Waals surface area (Å²) in [7, 11) is 0. The van der Waals surface area contributed by atoms with Crippen molar-refractivity contribution in [3.8, 4) is 0 Å². The summed E-state index contributed by atoms with van der Waals surface area (Å²) in [6.07, 6.45) is -1.96. The molecule has 0 aromatic heterocycles. The van der Waals surface area contributed by atoms with Gasteiger partial charge in [0.15, 0.2) is 0 Å². The first kappa shape index (κ1) is 30.0. The van der Waals surface area contributed by atoms with Gasteiger partial charge >= 0.3 is 86.8 Å². The minimum Gasteiger partial charge on any atom is -0.870 e. The second-order valence-corrected chi connectivity index (χ2v) is 3.70. The van der Waals surface area contributed by atoms with Gasteiger partial charge in [0.1, 0.15) is 0 Å². The summed E-state index contributed by atoms with van der Waals surface area (Å²) >= 11 is 0. The molecule has 0 amide bonds. The second kappa shape index (κ2) is 13.5. The molecule has 0 saturated heterocycles. The first-order valence-electron chi connectivity index (χ1n) is 4.91. The van der Waals surface area contributed by atoms with Gasteiger partial charge in [0.25, 0.3) is 0 Å². The van der Waals surface area contributed by atoms with Crippen molar-refractivity contribution < 1.29 is 117 Å². The van der Waals surface area contributed by atoms with E-state index >= 15 is 0 Å². The molecule has 0 aliphatic rings. The number of aliphatic hydroxyl groups excluding tert-OH is 1. The fourth-order valence-electron chi connectivity index (χ4n) is 1.68. The Balaban J connectivity index is -0.000000361. The molecule has 1 aromatic carbocycles. The van der Waals surface area contributed by atoms with Crippen LogP contribution < -0.4 is 69.3 Å². The van der Waals surface area contributed by atoms with Crippen LogP contribution in [0.4, 0.5) is 0 Å². The largest absolute Gasteiger partial charge is 1.00 e. The number of benzene rings is 1. The Bertz CT molecular complexity index is 413. The summed E-state index contributed by atoms with van der Waals surface area (Å²) in [5, 5.41) is 31.4. The smallest absolute Gasteiger partial charge is 0.870 e. The van der Waals surface area contributed by atoms with E-state index in [1.807, 2.05) is 0 Å². The fourth-order valence-corrected chi connectivity index (χ4v) is 1.68. The summed E-state index contributed by atoms with van der Waals surface area (Å²) in [5.74, 6) is -3.65. The zero-order chi connectivity index (χ0) is 13.1. The Morgan fingerprint density at radius 2 is 1.52 bits per heavy atom. The molecule has 21 heavy (non-hydrogen) atoms. The standard InChI is InChI=1S/C12H13O5.Hg.2Na.H2O/c1-8(13)7-12(10(14)15,11(16)17)9-5-3-2-4-6-9;;;;/h2-6,8,13H,1,7H2,(H,14,15)(H,16,17);;;;1H2/q;3*+1;/p-3. The van der Waals surface area contributed by atoms with E-state index in [1.165, 1.54) is 24.3 Å². The van der Waals surface area contributed by atoms with Gasteiger partial charge in [-0.3, -0.25) is 0 Å². The molecule has 0 spiro atoms. The molecule has 0 fully saturated rings. The molecule has 6 nitrogen and oxygen atoms in total. The first-order valence-corrected chi connectivity index (χ1v) is 4.91. The third-order valence-corrected chi connectivity index (χ3v) is 2.51. The van der Waals surface area contributed by atoms with Gasteiger partial charge < -0.3 is 30.4 Å². The normalized spacial score (nSPS) is 10.6. The summed E-state index contributed by atoms with van der Waals surface area (Å²) in [6.45, 7) is 3.19. The predicted octanol–water partition coefficient (Wildman–Crippen LogP) is -8.16. The molecule has 0 heterocycles. The molecule has 0 bridgehead atoms. The molecule has 1 unspecified atom stereocenters. The summed E-state index contributed by atoms with van der Waals surface area (Å²) in [6, 6.07) is 7.25. The Labute approximate surface area is 187 Å². The van der Waals surface area contributed by atoms with Gasteiger partial charge in [-0.1, -0.05) is 30.3 Å². The number of carbonyl (C=O) groups excluding carboxylic acids is 2. The molecular weight excluding hydrogens is 487 g/mol. The monoisotopic (exact) mass is 500 g/mol. The van der Waals surface area contributed by atoms with E-state index in [4.69, 9.17) is 5.11 Å². The summed E-state index contributed by atoms with van der Waals surface area (Å²) in [4.78, 5) is 22.3. The Morgan fingerprint density at radius 3 is 1.81 bits per heavy atom. The zero-order valence-electron chi connectivity index (χ0n) is 12.1. The molecule has 0 aliphatic carbocycles. The molecule has 1 rings (SSSR count). The van der Waals surface area contributed by atoms with Crippen LogP contribution in [0.25, 0.3) is 0 Å². The van der Waals surface area contributed by atoms with E-state index < -0.39 is 29.9 Å². The van der Waals surface area contributed by atoms with Crippen molar-refractivity contribution in [2.24, 2.45) is 0 Å². The topological polar surface area (TPSA) is 130 Å². The van der Waals surface area contributed by atoms with Crippen molar-refractivity contribution in [1.82, 2.24) is 0 Å². The van der Waals surface area contributed by atoms with Gasteiger partial charge in [-0.25, -0.2) is 0 Å². The fraction of sp³-hybridized carbons (Fsp3) is 0.250. The maximum Gasteiger partial charge on any atom is 1.00 e. The van der Waals surface area contributed by atoms with Gasteiger partial charge in [-0.05, 0) is 18.9 Å². The number of hydrogen-bond donors (Lipinski definition) is 1. The Morgan fingerprint density at radius 1 is 1.14 bits per heavy atom. The van der Waals surface area contributed by atoms with Crippen LogP contribution in [0, 0.1) is 6.92 Å². The van der Waals surface area contributed by atoms with Gasteiger partial charge in [0.2, 0.25) is 0 Å². The molecule has 1 atom stereocenters. The zero-order valence-corrected chi connectivity index (χ0v) is 21.6. The minimum atomic E-state index is -2.39. The van der Waals surface area contributed by atoms with Gasteiger partial charge in [0, 0.05) is 0 Å². The third kappa shape index (κ3) is 7.41. The molecule has 100 valence electrons. The number of carboxylic acid groups (broad SMARTS) is 2. The molecule has 0 aliphatic heterocycles. The van der Waals surface area contributed by atoms with E-state index in [9.17, 15) is 19.8 Å². The SMILES string of the molecule is [CH2]C(O)CC(C(=O)[O-])(C(=O)[O-])c1ccccc1.[Hg+].[Na+].[Na+].[OH-]. The number of carboxylic acids is 2. The molecule has 2 radical (unpaired) electrons. The summed E-state index contributed by atoms with van der Waals surface area (Å²) in [5.41, 5.74) is -2.40. The van der Waals surface area contributed by atoms with Gasteiger partial charge in [0.05, 0.1) is 23.5 Å². The molecule has 2 N–H and O–H groups in total. The van der Waals surface area contributed by atoms with Crippen LogP contribution in [0.1, 0.15) is 12.0 Å². The van der Waals surface area contributed by atoms with Crippen molar-refractivity contribution in [3.63, 3.8) is 0 Å². The number of rotatable bonds is 5. The quantitative estimate of drug-likeness (QED) is 0.317. The van der Waals surface area contributed by atoms with E-state index in [0.29, 0.717) is 0 Å². The summed E-state index contributed by atoms with van der Waals surface area (Å²) < 4.78 is 0. The minimum absolute atomic E-state index is 0. The first-order chi connectivity index (χ1) is 7.91. The second-order valence-electron chi connectivity index (χ2n) is 3.70. The van der Waals surface area contributed by atoms with Crippen LogP contribution in [0.2, 0.25) is 0 Å². The van der Waals surface area contributed by atoms with Crippen LogP contribution in [0.3, 0.4) is 0 Å². The Hall–Kier alpha value is 1.02. The van der Waals surface area contributed by atoms with Crippen molar-refractivity contribution in [1.29, 1.82) is 0 Å². The van der Waals surface area contributed by atoms with Crippen molar-refractivity contribution in [3.05, 3.63) is 42.8 Å². The van der Waals surface area contributed by atoms with Gasteiger partial charge in [-0.2, -0.15) is 0 Å². The van der Waals surface area contributed by atoms with Crippen molar-refractivity contribution >= 4 is 11.9 Å². The number of hydrogen-bond acceptors (Lipinski definition) is 6. The maximum atomic E-state index is 11.1. The molecule has 0 saturated carbocycles. The average Bonchev–Trinajstić information content (AvgIpc) is 2.25. The number of carbonyl (C=O) groups is 2. The average molecular weight is 499 g/mol. The van der Waals surface area contributed by atoms with E-state index in [0.717, 1.165) is 0 Å². The third-order valence-electron chi connectivity index (χ3n) is 2.51. The molecular formula is C12H12HgNa2O6. The van der Waals surface area contributed by atoms with E-state index in [2.05, 4.69) is 6.92 Å². The number of aliphatic hydroxyl groups is 1. The van der Waals surface area contributed by atoms with Crippen molar-refractivity contribution in [2.75, 3.05) is 0 Å². The predicted molar refractivity (Wildman–Crippen MR) is 56.1 cm³/mol. The molecule has 1 aromatic rings.